The molecule has 10 heteroatoms. The zero-order valence-corrected chi connectivity index (χ0v) is 17.5. The van der Waals surface area contributed by atoms with Crippen LogP contribution in [0.4, 0.5) is 13.2 Å². The van der Waals surface area contributed by atoms with Gasteiger partial charge in [-0.05, 0) is 41.0 Å². The Labute approximate surface area is 184 Å². The van der Waals surface area contributed by atoms with Crippen LogP contribution in [-0.4, -0.2) is 32.7 Å². The summed E-state index contributed by atoms with van der Waals surface area (Å²) in [6, 6.07) is 10.4. The SMILES string of the molecule is O=C(O)CCN1C(=O)C(=Cc2cccc(-c3ccc(C(F)(F)F)c(Cl)c3)c2)SC1=S. The highest BCUT2D eigenvalue weighted by molar-refractivity contribution is 8.26. The lowest BCUT2D eigenvalue weighted by Gasteiger charge is -2.12. The van der Waals surface area contributed by atoms with E-state index in [-0.39, 0.29) is 23.2 Å². The van der Waals surface area contributed by atoms with E-state index in [0.29, 0.717) is 21.6 Å². The largest absolute Gasteiger partial charge is 0.481 e. The van der Waals surface area contributed by atoms with Crippen molar-refractivity contribution < 1.29 is 27.9 Å². The predicted octanol–water partition coefficient (Wildman–Crippen LogP) is 5.70. The fourth-order valence-electron chi connectivity index (χ4n) is 2.78. The number of hydrogen-bond donors (Lipinski definition) is 1. The van der Waals surface area contributed by atoms with Gasteiger partial charge in [0.15, 0.2) is 0 Å². The highest BCUT2D eigenvalue weighted by Crippen LogP contribution is 2.37. The molecule has 1 N–H and O–H groups in total. The highest BCUT2D eigenvalue weighted by Gasteiger charge is 2.33. The highest BCUT2D eigenvalue weighted by atomic mass is 35.5. The molecule has 3 rings (SSSR count). The zero-order valence-electron chi connectivity index (χ0n) is 15.1. The van der Waals surface area contributed by atoms with Crippen molar-refractivity contribution >= 4 is 57.9 Å². The van der Waals surface area contributed by atoms with Crippen molar-refractivity contribution in [1.82, 2.24) is 4.90 Å². The Kier molecular flexibility index (Phi) is 6.54. The quantitative estimate of drug-likeness (QED) is 0.447. The molecule has 0 unspecified atom stereocenters. The number of alkyl halides is 3. The molecule has 2 aromatic carbocycles. The lowest BCUT2D eigenvalue weighted by molar-refractivity contribution is -0.138. The molecular formula is C20H13ClF3NO3S2. The van der Waals surface area contributed by atoms with Gasteiger partial charge in [-0.3, -0.25) is 14.5 Å². The summed E-state index contributed by atoms with van der Waals surface area (Å²) in [4.78, 5) is 24.8. The number of aliphatic carboxylic acids is 1. The Bertz CT molecular complexity index is 1070. The maximum atomic E-state index is 12.9. The van der Waals surface area contributed by atoms with Crippen molar-refractivity contribution in [3.63, 3.8) is 0 Å². The van der Waals surface area contributed by atoms with Crippen molar-refractivity contribution in [2.75, 3.05) is 6.54 Å². The minimum absolute atomic E-state index is 0.0125. The molecule has 0 atom stereocenters. The first kappa shape index (κ1) is 22.3. The van der Waals surface area contributed by atoms with Gasteiger partial charge in [0.2, 0.25) is 0 Å². The summed E-state index contributed by atoms with van der Waals surface area (Å²) in [6.07, 6.45) is -3.15. The minimum atomic E-state index is -4.53. The summed E-state index contributed by atoms with van der Waals surface area (Å²) in [5.74, 6) is -1.41. The molecule has 0 bridgehead atoms. The van der Waals surface area contributed by atoms with Crippen LogP contribution in [0.15, 0.2) is 47.4 Å². The van der Waals surface area contributed by atoms with Crippen LogP contribution in [0.1, 0.15) is 17.5 Å². The van der Waals surface area contributed by atoms with E-state index in [1.54, 1.807) is 30.3 Å². The standard InChI is InChI=1S/C20H13ClF3NO3S2/c21-15-10-13(4-5-14(15)20(22,23)24)12-3-1-2-11(8-12)9-16-18(28)25(19(29)30-16)7-6-17(26)27/h1-5,8-10H,6-7H2,(H,26,27). The van der Waals surface area contributed by atoms with Gasteiger partial charge < -0.3 is 5.11 Å². The van der Waals surface area contributed by atoms with Crippen molar-refractivity contribution in [2.24, 2.45) is 0 Å². The maximum Gasteiger partial charge on any atom is 0.417 e. The predicted molar refractivity (Wildman–Crippen MR) is 114 cm³/mol. The van der Waals surface area contributed by atoms with Gasteiger partial charge in [-0.1, -0.05) is 59.8 Å². The maximum absolute atomic E-state index is 12.9. The average Bonchev–Trinajstić information content (AvgIpc) is 2.92. The topological polar surface area (TPSA) is 57.6 Å². The molecule has 1 aliphatic heterocycles. The zero-order chi connectivity index (χ0) is 22.1. The minimum Gasteiger partial charge on any atom is -0.481 e. The number of carbonyl (C=O) groups is 2. The molecule has 1 saturated heterocycles. The average molecular weight is 472 g/mol. The third kappa shape index (κ3) is 5.03. The number of carbonyl (C=O) groups excluding carboxylic acids is 1. The van der Waals surface area contributed by atoms with Crippen LogP contribution >= 0.6 is 35.6 Å². The van der Waals surface area contributed by atoms with E-state index in [9.17, 15) is 22.8 Å². The number of thioether (sulfide) groups is 1. The smallest absolute Gasteiger partial charge is 0.417 e. The van der Waals surface area contributed by atoms with Crippen LogP contribution in [0, 0.1) is 0 Å². The van der Waals surface area contributed by atoms with Crippen LogP contribution < -0.4 is 0 Å². The number of halogens is 4. The van der Waals surface area contributed by atoms with Crippen LogP contribution in [0.25, 0.3) is 17.2 Å². The van der Waals surface area contributed by atoms with E-state index in [2.05, 4.69) is 0 Å². The van der Waals surface area contributed by atoms with Crippen molar-refractivity contribution in [2.45, 2.75) is 12.6 Å². The fraction of sp³-hybridized carbons (Fsp3) is 0.150. The summed E-state index contributed by atoms with van der Waals surface area (Å²) < 4.78 is 39.0. The Morgan fingerprint density at radius 1 is 1.20 bits per heavy atom. The van der Waals surface area contributed by atoms with Gasteiger partial charge in [0.05, 0.1) is 21.9 Å². The van der Waals surface area contributed by atoms with Crippen LogP contribution in [-0.2, 0) is 15.8 Å². The third-order valence-electron chi connectivity index (χ3n) is 4.22. The van der Waals surface area contributed by atoms with Crippen LogP contribution in [0.3, 0.4) is 0 Å². The van der Waals surface area contributed by atoms with E-state index in [1.807, 2.05) is 0 Å². The van der Waals surface area contributed by atoms with Gasteiger partial charge in [0.1, 0.15) is 4.32 Å². The first-order valence-corrected chi connectivity index (χ1v) is 10.1. The molecule has 2 aromatic rings. The normalized spacial score (nSPS) is 15.9. The van der Waals surface area contributed by atoms with Gasteiger partial charge in [-0.15, -0.1) is 0 Å². The van der Waals surface area contributed by atoms with Crippen molar-refractivity contribution in [1.29, 1.82) is 0 Å². The van der Waals surface area contributed by atoms with Gasteiger partial charge in [0.25, 0.3) is 5.91 Å². The third-order valence-corrected chi connectivity index (χ3v) is 5.91. The van der Waals surface area contributed by atoms with E-state index in [0.717, 1.165) is 17.8 Å². The number of thiocarbonyl (C=S) groups is 1. The van der Waals surface area contributed by atoms with Gasteiger partial charge in [-0.2, -0.15) is 13.2 Å². The van der Waals surface area contributed by atoms with Gasteiger partial charge in [-0.25, -0.2) is 0 Å². The molecule has 0 aliphatic carbocycles. The summed E-state index contributed by atoms with van der Waals surface area (Å²) in [6.45, 7) is -0.0125. The second kappa shape index (κ2) is 8.79. The molecule has 0 radical (unpaired) electrons. The lowest BCUT2D eigenvalue weighted by Crippen LogP contribution is -2.30. The molecule has 0 spiro atoms. The second-order valence-electron chi connectivity index (χ2n) is 6.29. The van der Waals surface area contributed by atoms with E-state index < -0.39 is 22.7 Å². The number of carboxylic acids is 1. The monoisotopic (exact) mass is 471 g/mol. The molecule has 0 aromatic heterocycles. The molecule has 156 valence electrons. The Balaban J connectivity index is 1.86. The summed E-state index contributed by atoms with van der Waals surface area (Å²) in [5.41, 5.74) is 0.856. The summed E-state index contributed by atoms with van der Waals surface area (Å²) in [5, 5.41) is 8.39. The Morgan fingerprint density at radius 2 is 1.90 bits per heavy atom. The van der Waals surface area contributed by atoms with Crippen LogP contribution in [0.5, 0.6) is 0 Å². The van der Waals surface area contributed by atoms with Crippen LogP contribution in [0.2, 0.25) is 5.02 Å². The first-order valence-electron chi connectivity index (χ1n) is 8.50. The molecule has 1 amide bonds. The molecule has 4 nitrogen and oxygen atoms in total. The summed E-state index contributed by atoms with van der Waals surface area (Å²) >= 11 is 12.0. The van der Waals surface area contributed by atoms with E-state index >= 15 is 0 Å². The molecule has 1 aliphatic rings. The number of benzene rings is 2. The Morgan fingerprint density at radius 3 is 2.53 bits per heavy atom. The van der Waals surface area contributed by atoms with Gasteiger partial charge >= 0.3 is 12.1 Å². The first-order chi connectivity index (χ1) is 14.1. The van der Waals surface area contributed by atoms with E-state index in [4.69, 9.17) is 28.9 Å². The lowest BCUT2D eigenvalue weighted by atomic mass is 10.0. The molecule has 30 heavy (non-hydrogen) atoms. The van der Waals surface area contributed by atoms with Crippen molar-refractivity contribution in [3.05, 3.63) is 63.5 Å². The number of carboxylic acid groups (broad SMARTS) is 1. The summed E-state index contributed by atoms with van der Waals surface area (Å²) in [7, 11) is 0. The molecular weight excluding hydrogens is 459 g/mol. The molecule has 1 heterocycles. The number of rotatable bonds is 5. The molecule has 1 fully saturated rings. The van der Waals surface area contributed by atoms with E-state index in [1.165, 1.54) is 17.0 Å². The second-order valence-corrected chi connectivity index (χ2v) is 8.38. The number of nitrogens with zero attached hydrogens (tertiary/aromatic N) is 1. The Hall–Kier alpha value is -2.36. The van der Waals surface area contributed by atoms with Gasteiger partial charge in [0, 0.05) is 6.54 Å². The number of amides is 1. The molecule has 0 saturated carbocycles. The fourth-order valence-corrected chi connectivity index (χ4v) is 4.38. The van der Waals surface area contributed by atoms with Crippen molar-refractivity contribution in [3.8, 4) is 11.1 Å². The number of hydrogen-bond acceptors (Lipinski definition) is 4.